The van der Waals surface area contributed by atoms with Crippen LogP contribution in [0, 0.1) is 5.92 Å². The molecule has 6 heteroatoms. The fraction of sp³-hybridized carbons (Fsp3) is 0.917. The predicted octanol–water partition coefficient (Wildman–Crippen LogP) is 0.0573. The number of rotatable bonds is 3. The monoisotopic (exact) mass is 262 g/mol. The summed E-state index contributed by atoms with van der Waals surface area (Å²) in [6.07, 6.45) is -4.34. The van der Waals surface area contributed by atoms with Crippen molar-refractivity contribution in [2.75, 3.05) is 7.11 Å². The van der Waals surface area contributed by atoms with E-state index >= 15 is 0 Å². The molecule has 0 aromatic rings. The topological polar surface area (TPSA) is 85.2 Å². The number of methoxy groups -OCH3 is 1. The number of aliphatic hydroxyl groups is 2. The third-order valence-electron chi connectivity index (χ3n) is 3.01. The van der Waals surface area contributed by atoms with E-state index in [1.54, 1.807) is 27.7 Å². The second kappa shape index (κ2) is 5.52. The van der Waals surface area contributed by atoms with Crippen LogP contribution in [0.5, 0.6) is 0 Å². The van der Waals surface area contributed by atoms with E-state index in [1.807, 2.05) is 0 Å². The van der Waals surface area contributed by atoms with Crippen LogP contribution in [0.1, 0.15) is 27.7 Å². The Kier molecular flexibility index (Phi) is 4.72. The normalized spacial score (nSPS) is 35.6. The molecule has 1 rings (SSSR count). The fourth-order valence-corrected chi connectivity index (χ4v) is 1.77. The summed E-state index contributed by atoms with van der Waals surface area (Å²) < 4.78 is 15.5. The van der Waals surface area contributed by atoms with Gasteiger partial charge in [0, 0.05) is 7.11 Å². The maximum atomic E-state index is 11.6. The zero-order valence-corrected chi connectivity index (χ0v) is 11.4. The molecule has 0 saturated carbocycles. The van der Waals surface area contributed by atoms with Gasteiger partial charge in [-0.25, -0.2) is 0 Å². The summed E-state index contributed by atoms with van der Waals surface area (Å²) in [7, 11) is 1.38. The van der Waals surface area contributed by atoms with Crippen LogP contribution < -0.4 is 0 Å². The van der Waals surface area contributed by atoms with Crippen molar-refractivity contribution in [3.05, 3.63) is 0 Å². The SMILES string of the molecule is CO[C@@H]1OC(C)(C)[C@@H](O)[C@H](OC(=O)C(C)C)[C@@H]1O. The van der Waals surface area contributed by atoms with Crippen LogP contribution >= 0.6 is 0 Å². The average molecular weight is 262 g/mol. The minimum Gasteiger partial charge on any atom is -0.456 e. The summed E-state index contributed by atoms with van der Waals surface area (Å²) in [5.41, 5.74) is -0.970. The lowest BCUT2D eigenvalue weighted by atomic mass is 9.89. The summed E-state index contributed by atoms with van der Waals surface area (Å²) in [5, 5.41) is 20.1. The van der Waals surface area contributed by atoms with E-state index in [0.717, 1.165) is 0 Å². The van der Waals surface area contributed by atoms with Crippen LogP contribution in [0.15, 0.2) is 0 Å². The molecule has 0 bridgehead atoms. The van der Waals surface area contributed by atoms with Crippen molar-refractivity contribution in [3.8, 4) is 0 Å². The second-order valence-electron chi connectivity index (χ2n) is 5.32. The molecule has 2 N–H and O–H groups in total. The fourth-order valence-electron chi connectivity index (χ4n) is 1.77. The molecule has 1 saturated heterocycles. The summed E-state index contributed by atoms with van der Waals surface area (Å²) in [4.78, 5) is 11.6. The Morgan fingerprint density at radius 3 is 2.33 bits per heavy atom. The smallest absolute Gasteiger partial charge is 0.308 e. The third-order valence-corrected chi connectivity index (χ3v) is 3.01. The standard InChI is InChI=1S/C12H22O6/c1-6(2)10(15)17-8-7(13)11(16-5)18-12(3,4)9(8)14/h6-9,11,13-14H,1-5H3/t7-,8+,9-,11+/m0/s1. The first-order valence-electron chi connectivity index (χ1n) is 5.98. The van der Waals surface area contributed by atoms with Gasteiger partial charge in [0.2, 0.25) is 0 Å². The van der Waals surface area contributed by atoms with E-state index in [2.05, 4.69) is 0 Å². The van der Waals surface area contributed by atoms with Crippen LogP contribution in [0.4, 0.5) is 0 Å². The van der Waals surface area contributed by atoms with E-state index in [-0.39, 0.29) is 5.92 Å². The van der Waals surface area contributed by atoms with E-state index in [1.165, 1.54) is 7.11 Å². The molecule has 1 fully saturated rings. The lowest BCUT2D eigenvalue weighted by Gasteiger charge is -2.46. The lowest BCUT2D eigenvalue weighted by Crippen LogP contribution is -2.63. The molecule has 0 spiro atoms. The Morgan fingerprint density at radius 2 is 1.89 bits per heavy atom. The first-order chi connectivity index (χ1) is 8.20. The van der Waals surface area contributed by atoms with Gasteiger partial charge in [-0.2, -0.15) is 0 Å². The highest BCUT2D eigenvalue weighted by molar-refractivity contribution is 5.71. The lowest BCUT2D eigenvalue weighted by molar-refractivity contribution is -0.319. The van der Waals surface area contributed by atoms with Crippen LogP contribution in [0.25, 0.3) is 0 Å². The van der Waals surface area contributed by atoms with E-state index in [4.69, 9.17) is 14.2 Å². The van der Waals surface area contributed by atoms with Gasteiger partial charge in [0.25, 0.3) is 0 Å². The molecular formula is C12H22O6. The average Bonchev–Trinajstić information content (AvgIpc) is 2.29. The van der Waals surface area contributed by atoms with Crippen molar-refractivity contribution in [1.29, 1.82) is 0 Å². The number of ether oxygens (including phenoxy) is 3. The highest BCUT2D eigenvalue weighted by Gasteiger charge is 2.51. The van der Waals surface area contributed by atoms with Gasteiger partial charge in [-0.05, 0) is 13.8 Å². The molecule has 0 aliphatic carbocycles. The maximum absolute atomic E-state index is 11.6. The molecule has 4 atom stereocenters. The number of hydrogen-bond acceptors (Lipinski definition) is 6. The molecule has 1 aliphatic rings. The molecule has 6 nitrogen and oxygen atoms in total. The van der Waals surface area contributed by atoms with Crippen LogP contribution in [-0.2, 0) is 19.0 Å². The molecule has 0 unspecified atom stereocenters. The Bertz CT molecular complexity index is 301. The number of esters is 1. The molecule has 106 valence electrons. The van der Waals surface area contributed by atoms with Gasteiger partial charge in [0.05, 0.1) is 11.5 Å². The van der Waals surface area contributed by atoms with Gasteiger partial charge >= 0.3 is 5.97 Å². The minimum atomic E-state index is -1.22. The Balaban J connectivity index is 2.87. The van der Waals surface area contributed by atoms with Gasteiger partial charge in [-0.3, -0.25) is 4.79 Å². The third kappa shape index (κ3) is 3.00. The van der Waals surface area contributed by atoms with Gasteiger partial charge in [0.15, 0.2) is 12.4 Å². The summed E-state index contributed by atoms with van der Waals surface area (Å²) >= 11 is 0. The zero-order valence-electron chi connectivity index (χ0n) is 11.4. The zero-order chi connectivity index (χ0) is 14.1. The predicted molar refractivity (Wildman–Crippen MR) is 62.7 cm³/mol. The second-order valence-corrected chi connectivity index (χ2v) is 5.32. The van der Waals surface area contributed by atoms with Crippen molar-refractivity contribution >= 4 is 5.97 Å². The van der Waals surface area contributed by atoms with E-state index < -0.39 is 36.2 Å². The maximum Gasteiger partial charge on any atom is 0.308 e. The van der Waals surface area contributed by atoms with Crippen molar-refractivity contribution in [3.63, 3.8) is 0 Å². The van der Waals surface area contributed by atoms with Crippen molar-refractivity contribution in [2.24, 2.45) is 5.92 Å². The highest BCUT2D eigenvalue weighted by Crippen LogP contribution is 2.31. The van der Waals surface area contributed by atoms with Gasteiger partial charge in [-0.1, -0.05) is 13.8 Å². The summed E-state index contributed by atoms with van der Waals surface area (Å²) in [6, 6.07) is 0. The van der Waals surface area contributed by atoms with Gasteiger partial charge in [-0.15, -0.1) is 0 Å². The highest BCUT2D eigenvalue weighted by atomic mass is 16.7. The number of carbonyl (C=O) groups is 1. The van der Waals surface area contributed by atoms with E-state index in [0.29, 0.717) is 0 Å². The number of aliphatic hydroxyl groups excluding tert-OH is 2. The number of carbonyl (C=O) groups excluding carboxylic acids is 1. The molecule has 1 aliphatic heterocycles. The first kappa shape index (κ1) is 15.4. The Hall–Kier alpha value is -0.690. The molecular weight excluding hydrogens is 240 g/mol. The largest absolute Gasteiger partial charge is 0.456 e. The van der Waals surface area contributed by atoms with Gasteiger partial charge in [0.1, 0.15) is 12.2 Å². The first-order valence-corrected chi connectivity index (χ1v) is 5.98. The Morgan fingerprint density at radius 1 is 1.33 bits per heavy atom. The van der Waals surface area contributed by atoms with Crippen LogP contribution in [0.3, 0.4) is 0 Å². The van der Waals surface area contributed by atoms with Crippen molar-refractivity contribution in [1.82, 2.24) is 0 Å². The van der Waals surface area contributed by atoms with Crippen molar-refractivity contribution < 1.29 is 29.2 Å². The summed E-state index contributed by atoms with van der Waals surface area (Å²) in [5.74, 6) is -0.818. The Labute approximate surface area is 107 Å². The quantitative estimate of drug-likeness (QED) is 0.699. The van der Waals surface area contributed by atoms with Crippen LogP contribution in [0.2, 0.25) is 0 Å². The molecule has 0 aromatic heterocycles. The van der Waals surface area contributed by atoms with E-state index in [9.17, 15) is 15.0 Å². The number of hydrogen-bond donors (Lipinski definition) is 2. The summed E-state index contributed by atoms with van der Waals surface area (Å²) in [6.45, 7) is 6.65. The molecule has 0 aromatic carbocycles. The van der Waals surface area contributed by atoms with Gasteiger partial charge < -0.3 is 24.4 Å². The van der Waals surface area contributed by atoms with Crippen molar-refractivity contribution in [2.45, 2.75) is 57.9 Å². The molecule has 1 heterocycles. The molecule has 0 amide bonds. The molecule has 18 heavy (non-hydrogen) atoms. The molecule has 0 radical (unpaired) electrons. The minimum absolute atomic E-state index is 0.337. The van der Waals surface area contributed by atoms with Crippen LogP contribution in [-0.4, -0.2) is 53.5 Å².